The predicted octanol–water partition coefficient (Wildman–Crippen LogP) is 3.51. The van der Waals surface area contributed by atoms with Gasteiger partial charge in [0.05, 0.1) is 35.7 Å². The van der Waals surface area contributed by atoms with Crippen LogP contribution in [0.1, 0.15) is 12.8 Å². The zero-order valence-electron chi connectivity index (χ0n) is 13.6. The lowest BCUT2D eigenvalue weighted by molar-refractivity contribution is 0.463. The zero-order valence-corrected chi connectivity index (χ0v) is 13.6. The first-order valence-electron chi connectivity index (χ1n) is 8.06. The second kappa shape index (κ2) is 7.42. The van der Waals surface area contributed by atoms with Gasteiger partial charge in [-0.05, 0) is 12.5 Å². The van der Waals surface area contributed by atoms with Gasteiger partial charge in [0, 0.05) is 17.4 Å². The molecule has 1 aromatic heterocycles. The van der Waals surface area contributed by atoms with Gasteiger partial charge in [-0.25, -0.2) is 4.68 Å². The molecule has 1 atom stereocenters. The first kappa shape index (κ1) is 16.4. The van der Waals surface area contributed by atoms with Crippen molar-refractivity contribution in [3.05, 3.63) is 65.0 Å². The molecular formula is C20H16N4O. The van der Waals surface area contributed by atoms with Gasteiger partial charge >= 0.3 is 0 Å². The van der Waals surface area contributed by atoms with Crippen LogP contribution in [0.15, 0.2) is 59.4 Å². The Morgan fingerprint density at radius 3 is 2.36 bits per heavy atom. The third-order valence-electron chi connectivity index (χ3n) is 4.10. The second-order valence-electron chi connectivity index (χ2n) is 5.77. The molecule has 0 amide bonds. The summed E-state index contributed by atoms with van der Waals surface area (Å²) in [6.45, 7) is 0.182. The number of hydrogen-bond donors (Lipinski definition) is 0. The molecule has 0 radical (unpaired) electrons. The van der Waals surface area contributed by atoms with Gasteiger partial charge in [0.25, 0.3) is 5.56 Å². The Morgan fingerprint density at radius 2 is 1.68 bits per heavy atom. The summed E-state index contributed by atoms with van der Waals surface area (Å²) in [5.41, 5.74) is 1.42. The summed E-state index contributed by atoms with van der Waals surface area (Å²) in [7, 11) is 0. The molecular weight excluding hydrogens is 312 g/mol. The quantitative estimate of drug-likeness (QED) is 0.717. The van der Waals surface area contributed by atoms with E-state index in [0.717, 1.165) is 10.9 Å². The van der Waals surface area contributed by atoms with Crippen molar-refractivity contribution in [3.63, 3.8) is 0 Å². The molecule has 2 aromatic carbocycles. The van der Waals surface area contributed by atoms with Crippen molar-refractivity contribution in [2.24, 2.45) is 5.92 Å². The smallest absolute Gasteiger partial charge is 0.267 e. The topological polar surface area (TPSA) is 82.5 Å². The van der Waals surface area contributed by atoms with E-state index >= 15 is 0 Å². The molecule has 5 nitrogen and oxygen atoms in total. The van der Waals surface area contributed by atoms with Gasteiger partial charge in [0.2, 0.25) is 0 Å². The number of hydrogen-bond acceptors (Lipinski definition) is 4. The van der Waals surface area contributed by atoms with Gasteiger partial charge in [0.15, 0.2) is 0 Å². The molecule has 0 saturated carbocycles. The average molecular weight is 328 g/mol. The molecule has 0 aliphatic carbocycles. The Kier molecular flexibility index (Phi) is 4.87. The van der Waals surface area contributed by atoms with Gasteiger partial charge in [-0.3, -0.25) is 4.79 Å². The fraction of sp³-hybridized carbons (Fsp3) is 0.200. The monoisotopic (exact) mass is 328 g/mol. The van der Waals surface area contributed by atoms with Crippen LogP contribution in [0.25, 0.3) is 22.0 Å². The minimum atomic E-state index is -0.422. The Bertz CT molecular complexity index is 1030. The highest BCUT2D eigenvalue weighted by Gasteiger charge is 2.15. The minimum absolute atomic E-state index is 0.182. The van der Waals surface area contributed by atoms with Gasteiger partial charge in [0.1, 0.15) is 0 Å². The molecule has 0 saturated heterocycles. The summed E-state index contributed by atoms with van der Waals surface area (Å²) in [5, 5.41) is 23.9. The van der Waals surface area contributed by atoms with Gasteiger partial charge in [-0.1, -0.05) is 48.5 Å². The average Bonchev–Trinajstić information content (AvgIpc) is 2.67. The van der Waals surface area contributed by atoms with Crippen LogP contribution in [-0.2, 0) is 6.54 Å². The van der Waals surface area contributed by atoms with Crippen molar-refractivity contribution in [3.8, 4) is 23.4 Å². The van der Waals surface area contributed by atoms with Crippen molar-refractivity contribution in [1.82, 2.24) is 9.78 Å². The number of rotatable bonds is 5. The fourth-order valence-electron chi connectivity index (χ4n) is 2.81. The molecule has 1 heterocycles. The van der Waals surface area contributed by atoms with Crippen molar-refractivity contribution in [1.29, 1.82) is 10.5 Å². The predicted molar refractivity (Wildman–Crippen MR) is 95.4 cm³/mol. The first-order valence-corrected chi connectivity index (χ1v) is 8.06. The lowest BCUT2D eigenvalue weighted by Crippen LogP contribution is -2.27. The van der Waals surface area contributed by atoms with Gasteiger partial charge in [-0.2, -0.15) is 15.6 Å². The van der Waals surface area contributed by atoms with Crippen LogP contribution in [0.4, 0.5) is 0 Å². The molecule has 0 N–H and O–H groups in total. The molecule has 25 heavy (non-hydrogen) atoms. The molecule has 0 fully saturated rings. The molecule has 3 aromatic rings. The van der Waals surface area contributed by atoms with Crippen LogP contribution in [0.3, 0.4) is 0 Å². The minimum Gasteiger partial charge on any atom is -0.267 e. The van der Waals surface area contributed by atoms with E-state index < -0.39 is 5.92 Å². The van der Waals surface area contributed by atoms with E-state index in [0.29, 0.717) is 17.5 Å². The van der Waals surface area contributed by atoms with Gasteiger partial charge < -0.3 is 0 Å². The Morgan fingerprint density at radius 1 is 1.00 bits per heavy atom. The first-order chi connectivity index (χ1) is 12.2. The van der Waals surface area contributed by atoms with E-state index in [1.54, 1.807) is 6.07 Å². The fourth-order valence-corrected chi connectivity index (χ4v) is 2.81. The molecule has 3 rings (SSSR count). The van der Waals surface area contributed by atoms with Crippen LogP contribution in [0.5, 0.6) is 0 Å². The summed E-state index contributed by atoms with van der Waals surface area (Å²) in [5.74, 6) is -0.422. The number of fused-ring (bicyclic) bond motifs is 1. The SMILES string of the molecule is N#CCC[C@@H](C#N)Cn1nc(-c2ccccc2)c2ccccc2c1=O. The molecule has 0 aliphatic rings. The standard InChI is InChI=1S/C20H16N4O/c21-12-6-7-15(13-22)14-24-20(25)18-11-5-4-10-17(18)19(23-24)16-8-2-1-3-9-16/h1-5,8-11,15H,6-7,14H2/t15-/m0/s1. The van der Waals surface area contributed by atoms with E-state index in [2.05, 4.69) is 11.2 Å². The maximum atomic E-state index is 12.8. The molecule has 0 bridgehead atoms. The molecule has 0 unspecified atom stereocenters. The van der Waals surface area contributed by atoms with E-state index in [9.17, 15) is 10.1 Å². The second-order valence-corrected chi connectivity index (χ2v) is 5.77. The van der Waals surface area contributed by atoms with Gasteiger partial charge in [-0.15, -0.1) is 0 Å². The lowest BCUT2D eigenvalue weighted by atomic mass is 10.0. The van der Waals surface area contributed by atoms with E-state index in [-0.39, 0.29) is 18.5 Å². The largest absolute Gasteiger partial charge is 0.274 e. The summed E-state index contributed by atoms with van der Waals surface area (Å²) in [6, 6.07) is 21.2. The van der Waals surface area contributed by atoms with Crippen molar-refractivity contribution >= 4 is 10.8 Å². The Balaban J connectivity index is 2.14. The molecule has 0 aliphatic heterocycles. The maximum Gasteiger partial charge on any atom is 0.274 e. The van der Waals surface area contributed by atoms with Crippen LogP contribution in [0.2, 0.25) is 0 Å². The summed E-state index contributed by atoms with van der Waals surface area (Å²) >= 11 is 0. The third kappa shape index (κ3) is 3.41. The molecule has 0 spiro atoms. The highest BCUT2D eigenvalue weighted by molar-refractivity contribution is 5.93. The molecule has 122 valence electrons. The highest BCUT2D eigenvalue weighted by Crippen LogP contribution is 2.24. The Hall–Kier alpha value is -3.44. The third-order valence-corrected chi connectivity index (χ3v) is 4.10. The summed E-state index contributed by atoms with van der Waals surface area (Å²) in [6.07, 6.45) is 0.709. The highest BCUT2D eigenvalue weighted by atomic mass is 16.1. The van der Waals surface area contributed by atoms with E-state index in [1.807, 2.05) is 54.6 Å². The Labute approximate surface area is 145 Å². The number of nitriles is 2. The number of aromatic nitrogens is 2. The van der Waals surface area contributed by atoms with E-state index in [1.165, 1.54) is 4.68 Å². The van der Waals surface area contributed by atoms with Crippen molar-refractivity contribution < 1.29 is 0 Å². The summed E-state index contributed by atoms with van der Waals surface area (Å²) < 4.78 is 1.36. The molecule has 5 heteroatoms. The van der Waals surface area contributed by atoms with Crippen LogP contribution in [-0.4, -0.2) is 9.78 Å². The van der Waals surface area contributed by atoms with E-state index in [4.69, 9.17) is 5.26 Å². The van der Waals surface area contributed by atoms with Crippen LogP contribution >= 0.6 is 0 Å². The van der Waals surface area contributed by atoms with Crippen LogP contribution < -0.4 is 5.56 Å². The summed E-state index contributed by atoms with van der Waals surface area (Å²) in [4.78, 5) is 12.8. The van der Waals surface area contributed by atoms with Crippen molar-refractivity contribution in [2.75, 3.05) is 0 Å². The zero-order chi connectivity index (χ0) is 17.6. The normalized spacial score (nSPS) is 11.6. The number of benzene rings is 2. The number of nitrogens with zero attached hydrogens (tertiary/aromatic N) is 4. The maximum absolute atomic E-state index is 12.8. The lowest BCUT2D eigenvalue weighted by Gasteiger charge is -2.13. The van der Waals surface area contributed by atoms with Crippen molar-refractivity contribution in [2.45, 2.75) is 19.4 Å². The van der Waals surface area contributed by atoms with Crippen LogP contribution in [0, 0.1) is 28.6 Å².